The molecule has 1 aliphatic heterocycles. The summed E-state index contributed by atoms with van der Waals surface area (Å²) in [6, 6.07) is 0.506. The zero-order chi connectivity index (χ0) is 9.14. The maximum Gasteiger partial charge on any atom is 0.219 e. The van der Waals surface area contributed by atoms with E-state index >= 15 is 0 Å². The molecule has 0 aromatic rings. The summed E-state index contributed by atoms with van der Waals surface area (Å²) in [5.41, 5.74) is 0. The molecule has 0 aromatic carbocycles. The molecule has 2 heteroatoms. The van der Waals surface area contributed by atoms with Crippen molar-refractivity contribution in [2.45, 2.75) is 46.1 Å². The Morgan fingerprint density at radius 2 is 2.25 bits per heavy atom. The van der Waals surface area contributed by atoms with Gasteiger partial charge in [0.25, 0.3) is 0 Å². The van der Waals surface area contributed by atoms with Crippen LogP contribution in [0.1, 0.15) is 40.0 Å². The lowest BCUT2D eigenvalue weighted by molar-refractivity contribution is -0.133. The molecule has 70 valence electrons. The Bertz CT molecular complexity index is 167. The Morgan fingerprint density at radius 3 is 2.75 bits per heavy atom. The second-order valence-corrected chi connectivity index (χ2v) is 3.90. The molecule has 1 aliphatic rings. The van der Waals surface area contributed by atoms with Crippen LogP contribution in [0.4, 0.5) is 0 Å². The second kappa shape index (κ2) is 3.92. The zero-order valence-electron chi connectivity index (χ0n) is 8.34. The first-order valence-electron chi connectivity index (χ1n) is 4.92. The Hall–Kier alpha value is -0.530. The van der Waals surface area contributed by atoms with E-state index in [0.717, 1.165) is 18.9 Å². The van der Waals surface area contributed by atoms with Gasteiger partial charge in [0, 0.05) is 19.5 Å². The van der Waals surface area contributed by atoms with Crippen LogP contribution in [0, 0.1) is 5.92 Å². The normalized spacial score (nSPS) is 30.4. The molecule has 0 aliphatic carbocycles. The van der Waals surface area contributed by atoms with Gasteiger partial charge >= 0.3 is 0 Å². The first-order valence-corrected chi connectivity index (χ1v) is 4.92. The molecule has 0 spiro atoms. The molecular formula is C10H19NO. The van der Waals surface area contributed by atoms with Crippen molar-refractivity contribution in [2.75, 3.05) is 6.54 Å². The molecule has 1 saturated heterocycles. The van der Waals surface area contributed by atoms with E-state index in [9.17, 15) is 4.79 Å². The lowest BCUT2D eigenvalue weighted by Gasteiger charge is -2.37. The van der Waals surface area contributed by atoms with Gasteiger partial charge in [0.15, 0.2) is 0 Å². The van der Waals surface area contributed by atoms with Crippen molar-refractivity contribution in [1.29, 1.82) is 0 Å². The molecule has 2 atom stereocenters. The summed E-state index contributed by atoms with van der Waals surface area (Å²) in [7, 11) is 0. The minimum absolute atomic E-state index is 0.244. The molecule has 12 heavy (non-hydrogen) atoms. The topological polar surface area (TPSA) is 20.3 Å². The third-order valence-corrected chi connectivity index (χ3v) is 2.85. The number of carbonyl (C=O) groups is 1. The van der Waals surface area contributed by atoms with E-state index in [0.29, 0.717) is 6.04 Å². The number of hydrogen-bond acceptors (Lipinski definition) is 1. The highest BCUT2D eigenvalue weighted by molar-refractivity contribution is 5.73. The zero-order valence-corrected chi connectivity index (χ0v) is 8.34. The lowest BCUT2D eigenvalue weighted by atomic mass is 9.91. The predicted molar refractivity (Wildman–Crippen MR) is 49.9 cm³/mol. The van der Waals surface area contributed by atoms with Gasteiger partial charge < -0.3 is 4.90 Å². The molecule has 2 nitrogen and oxygen atoms in total. The predicted octanol–water partition coefficient (Wildman–Crippen LogP) is 2.04. The van der Waals surface area contributed by atoms with E-state index in [-0.39, 0.29) is 5.91 Å². The average Bonchev–Trinajstić information content (AvgIpc) is 2.03. The van der Waals surface area contributed by atoms with Gasteiger partial charge in [-0.1, -0.05) is 13.8 Å². The Balaban J connectivity index is 2.56. The van der Waals surface area contributed by atoms with E-state index in [4.69, 9.17) is 0 Å². The number of rotatable bonds is 1. The van der Waals surface area contributed by atoms with Crippen LogP contribution in [-0.2, 0) is 4.79 Å². The van der Waals surface area contributed by atoms with Gasteiger partial charge in [0.2, 0.25) is 5.91 Å². The van der Waals surface area contributed by atoms with E-state index in [1.54, 1.807) is 6.92 Å². The molecule has 1 heterocycles. The fourth-order valence-electron chi connectivity index (χ4n) is 2.05. The van der Waals surface area contributed by atoms with Crippen molar-refractivity contribution in [3.8, 4) is 0 Å². The molecule has 2 unspecified atom stereocenters. The average molecular weight is 169 g/mol. The van der Waals surface area contributed by atoms with Crippen LogP contribution in [-0.4, -0.2) is 23.4 Å². The van der Waals surface area contributed by atoms with Crippen molar-refractivity contribution in [3.05, 3.63) is 0 Å². The number of nitrogens with zero attached hydrogens (tertiary/aromatic N) is 1. The highest BCUT2D eigenvalue weighted by Gasteiger charge is 2.26. The molecular weight excluding hydrogens is 150 g/mol. The fraction of sp³-hybridized carbons (Fsp3) is 0.900. The number of piperidine rings is 1. The van der Waals surface area contributed by atoms with Crippen molar-refractivity contribution in [1.82, 2.24) is 4.90 Å². The molecule has 0 bridgehead atoms. The third kappa shape index (κ3) is 1.99. The van der Waals surface area contributed by atoms with Crippen LogP contribution in [0.5, 0.6) is 0 Å². The van der Waals surface area contributed by atoms with E-state index in [2.05, 4.69) is 13.8 Å². The Labute approximate surface area is 74.9 Å². The van der Waals surface area contributed by atoms with Crippen molar-refractivity contribution in [2.24, 2.45) is 5.92 Å². The number of carbonyl (C=O) groups excluding carboxylic acids is 1. The van der Waals surface area contributed by atoms with Crippen LogP contribution in [0.15, 0.2) is 0 Å². The summed E-state index contributed by atoms with van der Waals surface area (Å²) in [5, 5.41) is 0. The third-order valence-electron chi connectivity index (χ3n) is 2.85. The van der Waals surface area contributed by atoms with Crippen LogP contribution >= 0.6 is 0 Å². The van der Waals surface area contributed by atoms with Gasteiger partial charge in [-0.15, -0.1) is 0 Å². The van der Waals surface area contributed by atoms with Gasteiger partial charge in [-0.2, -0.15) is 0 Å². The maximum absolute atomic E-state index is 11.2. The van der Waals surface area contributed by atoms with Crippen molar-refractivity contribution < 1.29 is 4.79 Å². The summed E-state index contributed by atoms with van der Waals surface area (Å²) >= 11 is 0. The smallest absolute Gasteiger partial charge is 0.219 e. The van der Waals surface area contributed by atoms with Crippen LogP contribution in [0.2, 0.25) is 0 Å². The molecule has 0 aromatic heterocycles. The summed E-state index contributed by atoms with van der Waals surface area (Å²) in [5.74, 6) is 1.04. The quantitative estimate of drug-likeness (QED) is 0.588. The summed E-state index contributed by atoms with van der Waals surface area (Å²) in [6.07, 6.45) is 3.47. The SMILES string of the molecule is CCC1CC(C)CCN1C(C)=O. The van der Waals surface area contributed by atoms with Gasteiger partial charge in [0.05, 0.1) is 0 Å². The van der Waals surface area contributed by atoms with Crippen molar-refractivity contribution >= 4 is 5.91 Å². The Morgan fingerprint density at radius 1 is 1.58 bits per heavy atom. The Kier molecular flexibility index (Phi) is 3.12. The van der Waals surface area contributed by atoms with Gasteiger partial charge in [0.1, 0.15) is 0 Å². The van der Waals surface area contributed by atoms with E-state index in [1.807, 2.05) is 4.90 Å². The minimum Gasteiger partial charge on any atom is -0.340 e. The number of amides is 1. The first-order chi connectivity index (χ1) is 5.65. The monoisotopic (exact) mass is 169 g/mol. The van der Waals surface area contributed by atoms with E-state index in [1.165, 1.54) is 12.8 Å². The maximum atomic E-state index is 11.2. The lowest BCUT2D eigenvalue weighted by Crippen LogP contribution is -2.44. The van der Waals surface area contributed by atoms with Gasteiger partial charge in [-0.3, -0.25) is 4.79 Å². The number of likely N-dealkylation sites (tertiary alicyclic amines) is 1. The highest BCUT2D eigenvalue weighted by atomic mass is 16.2. The highest BCUT2D eigenvalue weighted by Crippen LogP contribution is 2.24. The summed E-state index contributed by atoms with van der Waals surface area (Å²) < 4.78 is 0. The van der Waals surface area contributed by atoms with E-state index < -0.39 is 0 Å². The van der Waals surface area contributed by atoms with Gasteiger partial charge in [-0.05, 0) is 25.2 Å². The molecule has 0 N–H and O–H groups in total. The minimum atomic E-state index is 0.244. The van der Waals surface area contributed by atoms with Crippen LogP contribution < -0.4 is 0 Å². The van der Waals surface area contributed by atoms with Crippen LogP contribution in [0.3, 0.4) is 0 Å². The summed E-state index contributed by atoms with van der Waals surface area (Å²) in [6.45, 7) is 7.09. The molecule has 0 saturated carbocycles. The fourth-order valence-corrected chi connectivity index (χ4v) is 2.05. The van der Waals surface area contributed by atoms with Gasteiger partial charge in [-0.25, -0.2) is 0 Å². The molecule has 0 radical (unpaired) electrons. The van der Waals surface area contributed by atoms with Crippen LogP contribution in [0.25, 0.3) is 0 Å². The van der Waals surface area contributed by atoms with Crippen molar-refractivity contribution in [3.63, 3.8) is 0 Å². The largest absolute Gasteiger partial charge is 0.340 e. The molecule has 1 fully saturated rings. The first kappa shape index (κ1) is 9.56. The summed E-state index contributed by atoms with van der Waals surface area (Å²) in [4.78, 5) is 13.2. The molecule has 1 rings (SSSR count). The molecule has 1 amide bonds. The number of hydrogen-bond donors (Lipinski definition) is 0. The standard InChI is InChI=1S/C10H19NO/c1-4-10-7-8(2)5-6-11(10)9(3)12/h8,10H,4-7H2,1-3H3. The second-order valence-electron chi connectivity index (χ2n) is 3.90.